The number of nitrogens with one attached hydrogen (secondary N) is 1. The molecule has 0 aliphatic rings. The number of benzene rings is 2. The number of para-hydroxylation sites is 1. The van der Waals surface area contributed by atoms with Crippen molar-refractivity contribution in [3.8, 4) is 11.5 Å². The second kappa shape index (κ2) is 9.75. The number of amides is 1. The summed E-state index contributed by atoms with van der Waals surface area (Å²) < 4.78 is 13.0. The molecular formula is C23H22ClN2O3+. The van der Waals surface area contributed by atoms with E-state index in [4.69, 9.17) is 21.1 Å². The zero-order valence-electron chi connectivity index (χ0n) is 16.3. The summed E-state index contributed by atoms with van der Waals surface area (Å²) in [4.78, 5) is 12.1. The van der Waals surface area contributed by atoms with Crippen molar-refractivity contribution in [1.82, 2.24) is 0 Å². The van der Waals surface area contributed by atoms with Crippen LogP contribution in [0.2, 0.25) is 5.02 Å². The Morgan fingerprint density at radius 3 is 2.48 bits per heavy atom. The number of hydrogen-bond acceptors (Lipinski definition) is 3. The van der Waals surface area contributed by atoms with Crippen LogP contribution in [0.1, 0.15) is 11.1 Å². The number of halogens is 1. The van der Waals surface area contributed by atoms with Crippen LogP contribution in [-0.2, 0) is 11.8 Å². The molecule has 2 aromatic carbocycles. The number of aryl methyl sites for hydroxylation is 1. The molecule has 0 fully saturated rings. The van der Waals surface area contributed by atoms with Gasteiger partial charge in [-0.2, -0.15) is 0 Å². The Balaban J connectivity index is 1.63. The van der Waals surface area contributed by atoms with E-state index in [9.17, 15) is 4.79 Å². The van der Waals surface area contributed by atoms with Gasteiger partial charge >= 0.3 is 0 Å². The molecule has 6 heteroatoms. The summed E-state index contributed by atoms with van der Waals surface area (Å²) in [6.45, 7) is -0.155. The first kappa shape index (κ1) is 20.4. The van der Waals surface area contributed by atoms with E-state index in [0.29, 0.717) is 22.2 Å². The van der Waals surface area contributed by atoms with Gasteiger partial charge in [0, 0.05) is 12.1 Å². The van der Waals surface area contributed by atoms with Gasteiger partial charge in [-0.05, 0) is 35.4 Å². The minimum absolute atomic E-state index is 0.155. The van der Waals surface area contributed by atoms with E-state index in [1.165, 1.54) is 0 Å². The average Bonchev–Trinajstić information content (AvgIpc) is 2.73. The van der Waals surface area contributed by atoms with E-state index in [1.807, 2.05) is 60.4 Å². The monoisotopic (exact) mass is 409 g/mol. The van der Waals surface area contributed by atoms with Crippen LogP contribution in [0.3, 0.4) is 0 Å². The Labute approximate surface area is 175 Å². The van der Waals surface area contributed by atoms with Crippen molar-refractivity contribution >= 4 is 35.3 Å². The van der Waals surface area contributed by atoms with Crippen LogP contribution >= 0.6 is 11.6 Å². The molecule has 0 spiro atoms. The van der Waals surface area contributed by atoms with Crippen LogP contribution < -0.4 is 19.4 Å². The first-order valence-electron chi connectivity index (χ1n) is 9.04. The summed E-state index contributed by atoms with van der Waals surface area (Å²) in [5.74, 6) is 0.740. The summed E-state index contributed by atoms with van der Waals surface area (Å²) in [6.07, 6.45) is 7.99. The van der Waals surface area contributed by atoms with Crippen LogP contribution in [0.25, 0.3) is 12.2 Å². The number of ether oxygens (including phenoxy) is 2. The maximum absolute atomic E-state index is 12.1. The molecule has 0 atom stereocenters. The van der Waals surface area contributed by atoms with E-state index < -0.39 is 0 Å². The molecule has 148 valence electrons. The Hall–Kier alpha value is -3.31. The van der Waals surface area contributed by atoms with Crippen LogP contribution in [0, 0.1) is 0 Å². The first-order valence-corrected chi connectivity index (χ1v) is 9.41. The van der Waals surface area contributed by atoms with Gasteiger partial charge in [-0.15, -0.1) is 0 Å². The highest BCUT2D eigenvalue weighted by atomic mass is 35.5. The van der Waals surface area contributed by atoms with Crippen molar-refractivity contribution in [3.05, 3.63) is 83.1 Å². The van der Waals surface area contributed by atoms with Crippen molar-refractivity contribution in [2.24, 2.45) is 7.05 Å². The number of pyridine rings is 1. The summed E-state index contributed by atoms with van der Waals surface area (Å²) in [6, 6.07) is 16.7. The fourth-order valence-electron chi connectivity index (χ4n) is 2.62. The van der Waals surface area contributed by atoms with Crippen LogP contribution in [-0.4, -0.2) is 19.6 Å². The summed E-state index contributed by atoms with van der Waals surface area (Å²) >= 11 is 6.05. The zero-order chi connectivity index (χ0) is 20.6. The number of hydrogen-bond donors (Lipinski definition) is 1. The molecule has 3 rings (SSSR count). The molecule has 29 heavy (non-hydrogen) atoms. The molecule has 1 amide bonds. The maximum atomic E-state index is 12.1. The minimum atomic E-state index is -0.304. The fraction of sp³-hybridized carbons (Fsp3) is 0.130. The second-order valence-electron chi connectivity index (χ2n) is 6.36. The van der Waals surface area contributed by atoms with E-state index >= 15 is 0 Å². The Kier molecular flexibility index (Phi) is 6.87. The molecule has 0 saturated carbocycles. The summed E-state index contributed by atoms with van der Waals surface area (Å²) in [5.41, 5.74) is 2.60. The third-order valence-electron chi connectivity index (χ3n) is 4.17. The zero-order valence-corrected chi connectivity index (χ0v) is 17.0. The van der Waals surface area contributed by atoms with Gasteiger partial charge in [0.1, 0.15) is 7.05 Å². The van der Waals surface area contributed by atoms with Crippen LogP contribution in [0.15, 0.2) is 67.0 Å². The Bertz CT molecular complexity index is 1020. The van der Waals surface area contributed by atoms with Gasteiger partial charge in [0.15, 0.2) is 30.5 Å². The first-order chi connectivity index (χ1) is 14.0. The van der Waals surface area contributed by atoms with Crippen molar-refractivity contribution < 1.29 is 18.8 Å². The lowest BCUT2D eigenvalue weighted by Gasteiger charge is -2.12. The normalized spacial score (nSPS) is 10.7. The molecule has 1 heterocycles. The molecular weight excluding hydrogens is 388 g/mol. The third kappa shape index (κ3) is 5.83. The standard InChI is InChI=1S/C23H21ClN2O3/c1-26-13-11-17(12-14-26)7-8-18-9-10-21(22(15-18)28-2)29-16-23(27)25-20-6-4-3-5-19(20)24/h3-15H,16H2,1-2H3/p+1/b8-7+. The van der Waals surface area contributed by atoms with E-state index in [-0.39, 0.29) is 12.5 Å². The van der Waals surface area contributed by atoms with Gasteiger partial charge in [-0.1, -0.05) is 42.0 Å². The molecule has 1 aromatic heterocycles. The van der Waals surface area contributed by atoms with Gasteiger partial charge in [0.25, 0.3) is 5.91 Å². The summed E-state index contributed by atoms with van der Waals surface area (Å²) in [7, 11) is 3.54. The number of nitrogens with zero attached hydrogens (tertiary/aromatic N) is 1. The van der Waals surface area contributed by atoms with Crippen LogP contribution in [0.4, 0.5) is 5.69 Å². The largest absolute Gasteiger partial charge is 0.493 e. The molecule has 5 nitrogen and oxygen atoms in total. The van der Waals surface area contributed by atoms with E-state index in [2.05, 4.69) is 5.32 Å². The van der Waals surface area contributed by atoms with Crippen molar-refractivity contribution in [2.75, 3.05) is 19.0 Å². The van der Waals surface area contributed by atoms with Crippen LogP contribution in [0.5, 0.6) is 11.5 Å². The van der Waals surface area contributed by atoms with Gasteiger partial charge in [-0.3, -0.25) is 4.79 Å². The smallest absolute Gasteiger partial charge is 0.262 e. The molecule has 0 bridgehead atoms. The van der Waals surface area contributed by atoms with Crippen molar-refractivity contribution in [2.45, 2.75) is 0 Å². The number of carbonyl (C=O) groups excluding carboxylic acids is 1. The number of carbonyl (C=O) groups is 1. The second-order valence-corrected chi connectivity index (χ2v) is 6.76. The van der Waals surface area contributed by atoms with Crippen molar-refractivity contribution in [1.29, 1.82) is 0 Å². The van der Waals surface area contributed by atoms with E-state index in [0.717, 1.165) is 11.1 Å². The van der Waals surface area contributed by atoms with Crippen molar-refractivity contribution in [3.63, 3.8) is 0 Å². The molecule has 0 aliphatic heterocycles. The highest BCUT2D eigenvalue weighted by molar-refractivity contribution is 6.33. The van der Waals surface area contributed by atoms with E-state index in [1.54, 1.807) is 37.4 Å². The van der Waals surface area contributed by atoms with Gasteiger partial charge in [0.05, 0.1) is 17.8 Å². The van der Waals surface area contributed by atoms with Gasteiger partial charge in [-0.25, -0.2) is 4.57 Å². The molecule has 0 saturated heterocycles. The Morgan fingerprint density at radius 2 is 1.76 bits per heavy atom. The third-order valence-corrected chi connectivity index (χ3v) is 4.50. The summed E-state index contributed by atoms with van der Waals surface area (Å²) in [5, 5.41) is 3.20. The predicted molar refractivity (Wildman–Crippen MR) is 115 cm³/mol. The highest BCUT2D eigenvalue weighted by Crippen LogP contribution is 2.29. The lowest BCUT2D eigenvalue weighted by atomic mass is 10.1. The molecule has 0 radical (unpaired) electrons. The fourth-order valence-corrected chi connectivity index (χ4v) is 2.80. The number of methoxy groups -OCH3 is 1. The molecule has 1 N–H and O–H groups in total. The lowest BCUT2D eigenvalue weighted by Crippen LogP contribution is -2.25. The minimum Gasteiger partial charge on any atom is -0.493 e. The number of rotatable bonds is 7. The highest BCUT2D eigenvalue weighted by Gasteiger charge is 2.10. The molecule has 0 unspecified atom stereocenters. The predicted octanol–water partition coefficient (Wildman–Crippen LogP) is 4.36. The molecule has 0 aliphatic carbocycles. The maximum Gasteiger partial charge on any atom is 0.262 e. The lowest BCUT2D eigenvalue weighted by molar-refractivity contribution is -0.671. The van der Waals surface area contributed by atoms with Gasteiger partial charge in [0.2, 0.25) is 0 Å². The number of aromatic nitrogens is 1. The van der Waals surface area contributed by atoms with Gasteiger partial charge < -0.3 is 14.8 Å². The number of anilines is 1. The quantitative estimate of drug-likeness (QED) is 0.590. The average molecular weight is 410 g/mol. The molecule has 3 aromatic rings. The SMILES string of the molecule is COc1cc(/C=C/c2cc[n+](C)cc2)ccc1OCC(=O)Nc1ccccc1Cl. The Morgan fingerprint density at radius 1 is 1.03 bits per heavy atom. The topological polar surface area (TPSA) is 51.4 Å².